The van der Waals surface area contributed by atoms with Gasteiger partial charge < -0.3 is 0 Å². The van der Waals surface area contributed by atoms with Gasteiger partial charge >= 0.3 is 0 Å². The predicted molar refractivity (Wildman–Crippen MR) is 28.0 cm³/mol. The zero-order valence-corrected chi connectivity index (χ0v) is 3.95. The van der Waals surface area contributed by atoms with E-state index >= 15 is 0 Å². The summed E-state index contributed by atoms with van der Waals surface area (Å²) in [7, 11) is 0. The maximum atomic E-state index is 10.9. The molecule has 0 aromatic heterocycles. The first kappa shape index (κ1) is 6.23. The summed E-state index contributed by atoms with van der Waals surface area (Å²) in [6.45, 7) is 3.48. The average Bonchev–Trinajstić information content (AvgIpc) is 1.69. The Morgan fingerprint density at radius 2 is 2.43 bits per heavy atom. The zero-order valence-electron chi connectivity index (χ0n) is 3.95. The third-order valence-corrected chi connectivity index (χ3v) is 0.422. The van der Waals surface area contributed by atoms with E-state index in [1.54, 1.807) is 6.08 Å². The summed E-state index contributed by atoms with van der Waals surface area (Å²) in [5.41, 5.74) is 0. The quantitative estimate of drug-likeness (QED) is 0.437. The second-order valence-electron chi connectivity index (χ2n) is 0.930. The van der Waals surface area contributed by atoms with Gasteiger partial charge in [-0.2, -0.15) is 0 Å². The first-order valence-electron chi connectivity index (χ1n) is 1.97. The van der Waals surface area contributed by atoms with Crippen LogP contribution in [-0.2, 0) is 0 Å². The Bertz CT molecular complexity index is 103. The molecule has 0 aromatic carbocycles. The molecule has 0 saturated carbocycles. The molecule has 0 unspecified atom stereocenters. The van der Waals surface area contributed by atoms with Gasteiger partial charge in [-0.05, 0) is 25.3 Å². The van der Waals surface area contributed by atoms with E-state index in [9.17, 15) is 4.39 Å². The Morgan fingerprint density at radius 3 is 2.86 bits per heavy atom. The molecule has 7 heavy (non-hydrogen) atoms. The monoisotopic (exact) mass is 97.0 g/mol. The molecule has 0 saturated heterocycles. The van der Waals surface area contributed by atoms with Crippen molar-refractivity contribution in [3.8, 4) is 12.1 Å². The average molecular weight is 97.1 g/mol. The fraction of sp³-hybridized carbons (Fsp3) is 0.167. The van der Waals surface area contributed by atoms with Crippen molar-refractivity contribution in [1.29, 1.82) is 0 Å². The van der Waals surface area contributed by atoms with E-state index in [0.717, 1.165) is 0 Å². The van der Waals surface area contributed by atoms with Crippen molar-refractivity contribution in [2.45, 2.75) is 6.42 Å². The van der Waals surface area contributed by atoms with E-state index in [-0.39, 0.29) is 0 Å². The maximum absolute atomic E-state index is 10.9. The Labute approximate surface area is 43.0 Å². The number of halogens is 1. The van der Waals surface area contributed by atoms with Gasteiger partial charge in [-0.1, -0.05) is 6.08 Å². The smallest absolute Gasteiger partial charge is 0.110 e. The summed E-state index contributed by atoms with van der Waals surface area (Å²) < 4.78 is 10.9. The standard InChI is InChI=1S/C6H6F/c1-2-3-4-5-6-7/h3-4H,1-2H2. The first-order valence-corrected chi connectivity index (χ1v) is 1.97. The third-order valence-electron chi connectivity index (χ3n) is 0.422. The molecule has 0 spiro atoms. The fourth-order valence-corrected chi connectivity index (χ4v) is 0.174. The van der Waals surface area contributed by atoms with Crippen LogP contribution in [0.2, 0.25) is 0 Å². The second kappa shape index (κ2) is 5.23. The summed E-state index contributed by atoms with van der Waals surface area (Å²) in [6.07, 6.45) is 5.02. The normalized spacial score (nSPS) is 8.29. The molecule has 0 rings (SSSR count). The van der Waals surface area contributed by atoms with Crippen molar-refractivity contribution < 1.29 is 4.39 Å². The van der Waals surface area contributed by atoms with Crippen molar-refractivity contribution in [3.05, 3.63) is 19.1 Å². The van der Waals surface area contributed by atoms with Crippen LogP contribution in [0.1, 0.15) is 6.42 Å². The molecule has 0 aliphatic carbocycles. The lowest BCUT2D eigenvalue weighted by Crippen LogP contribution is -1.49. The van der Waals surface area contributed by atoms with Gasteiger partial charge in [-0.3, -0.25) is 0 Å². The summed E-state index contributed by atoms with van der Waals surface area (Å²) >= 11 is 0. The van der Waals surface area contributed by atoms with Gasteiger partial charge in [0.05, 0.1) is 0 Å². The molecule has 0 nitrogen and oxygen atoms in total. The molecule has 0 fully saturated rings. The fourth-order valence-electron chi connectivity index (χ4n) is 0.174. The highest BCUT2D eigenvalue weighted by molar-refractivity contribution is 5.11. The van der Waals surface area contributed by atoms with Crippen molar-refractivity contribution in [3.63, 3.8) is 0 Å². The summed E-state index contributed by atoms with van der Waals surface area (Å²) in [5, 5.41) is 0. The highest BCUT2D eigenvalue weighted by Crippen LogP contribution is 1.74. The molecule has 0 aromatic rings. The minimum atomic E-state index is 0.661. The molecule has 0 aliphatic heterocycles. The van der Waals surface area contributed by atoms with Gasteiger partial charge in [0.1, 0.15) is 6.17 Å². The van der Waals surface area contributed by atoms with Crippen LogP contribution < -0.4 is 0 Å². The molecule has 0 heterocycles. The first-order chi connectivity index (χ1) is 3.41. The van der Waals surface area contributed by atoms with E-state index in [4.69, 9.17) is 0 Å². The topological polar surface area (TPSA) is 0 Å². The molecular formula is C6H6F. The lowest BCUT2D eigenvalue weighted by Gasteiger charge is -1.65. The summed E-state index contributed by atoms with van der Waals surface area (Å²) in [5.74, 6) is 2.11. The van der Waals surface area contributed by atoms with Crippen molar-refractivity contribution in [2.75, 3.05) is 0 Å². The Hall–Kier alpha value is -0.770. The predicted octanol–water partition coefficient (Wildman–Crippen LogP) is 1.70. The molecule has 37 valence electrons. The molecule has 0 N–H and O–H groups in total. The molecule has 0 aliphatic rings. The van der Waals surface area contributed by atoms with Crippen molar-refractivity contribution >= 4 is 0 Å². The van der Waals surface area contributed by atoms with Gasteiger partial charge in [0.15, 0.2) is 0 Å². The van der Waals surface area contributed by atoms with Gasteiger partial charge in [-0.25, -0.2) is 0 Å². The molecule has 0 bridgehead atoms. The van der Waals surface area contributed by atoms with Crippen LogP contribution in [0, 0.1) is 19.0 Å². The molecule has 1 heteroatoms. The highest BCUT2D eigenvalue weighted by atomic mass is 19.1. The van der Waals surface area contributed by atoms with Crippen LogP contribution in [0.25, 0.3) is 0 Å². The van der Waals surface area contributed by atoms with Crippen LogP contribution in [0.5, 0.6) is 0 Å². The molecule has 1 radical (unpaired) electrons. The molecule has 0 atom stereocenters. The maximum Gasteiger partial charge on any atom is 0.110 e. The lowest BCUT2D eigenvalue weighted by molar-refractivity contribution is 0.774. The Morgan fingerprint density at radius 1 is 1.71 bits per heavy atom. The highest BCUT2D eigenvalue weighted by Gasteiger charge is 1.58. The molecular weight excluding hydrogens is 91.1 g/mol. The molecule has 0 amide bonds. The second-order valence-corrected chi connectivity index (χ2v) is 0.930. The van der Waals surface area contributed by atoms with Crippen LogP contribution in [-0.4, -0.2) is 0 Å². The van der Waals surface area contributed by atoms with Gasteiger partial charge in [0.2, 0.25) is 0 Å². The van der Waals surface area contributed by atoms with E-state index in [1.165, 1.54) is 12.3 Å². The van der Waals surface area contributed by atoms with E-state index in [0.29, 0.717) is 6.42 Å². The van der Waals surface area contributed by atoms with E-state index < -0.39 is 0 Å². The summed E-state index contributed by atoms with van der Waals surface area (Å²) in [4.78, 5) is 0. The SMILES string of the molecule is [CH2]CC=CC#CF. The van der Waals surface area contributed by atoms with Crippen LogP contribution in [0.3, 0.4) is 0 Å². The largest absolute Gasteiger partial charge is 0.144 e. The van der Waals surface area contributed by atoms with Crippen LogP contribution in [0.15, 0.2) is 12.2 Å². The Kier molecular flexibility index (Phi) is 4.65. The number of hydrogen-bond acceptors (Lipinski definition) is 0. The number of allylic oxidation sites excluding steroid dienone is 2. The minimum absolute atomic E-state index is 0.661. The Balaban J connectivity index is 3.21. The lowest BCUT2D eigenvalue weighted by atomic mass is 10.4. The minimum Gasteiger partial charge on any atom is -0.144 e. The summed E-state index contributed by atoms with van der Waals surface area (Å²) in [6, 6.07) is 0. The number of hydrogen-bond donors (Lipinski definition) is 0. The van der Waals surface area contributed by atoms with Crippen LogP contribution >= 0.6 is 0 Å². The van der Waals surface area contributed by atoms with E-state index in [1.807, 2.05) is 0 Å². The van der Waals surface area contributed by atoms with Gasteiger partial charge in [-0.15, -0.1) is 4.39 Å². The number of rotatable bonds is 1. The zero-order chi connectivity index (χ0) is 5.54. The van der Waals surface area contributed by atoms with Crippen molar-refractivity contribution in [2.24, 2.45) is 0 Å². The van der Waals surface area contributed by atoms with Gasteiger partial charge in [0, 0.05) is 0 Å². The van der Waals surface area contributed by atoms with Crippen molar-refractivity contribution in [1.82, 2.24) is 0 Å². The van der Waals surface area contributed by atoms with E-state index in [2.05, 4.69) is 12.8 Å². The third kappa shape index (κ3) is 5.23. The van der Waals surface area contributed by atoms with Crippen LogP contribution in [0.4, 0.5) is 4.39 Å². The van der Waals surface area contributed by atoms with Gasteiger partial charge in [0.25, 0.3) is 0 Å².